The summed E-state index contributed by atoms with van der Waals surface area (Å²) in [6.45, 7) is 3.46. The fraction of sp³-hybridized carbons (Fsp3) is 0.533. The van der Waals surface area contributed by atoms with Gasteiger partial charge in [-0.3, -0.25) is 4.79 Å². The number of methoxy groups -OCH3 is 1. The summed E-state index contributed by atoms with van der Waals surface area (Å²) < 4.78 is 4.06. The van der Waals surface area contributed by atoms with Crippen LogP contribution in [0.3, 0.4) is 0 Å². The van der Waals surface area contributed by atoms with Crippen molar-refractivity contribution >= 4 is 29.1 Å². The van der Waals surface area contributed by atoms with Crippen LogP contribution >= 0.6 is 23.2 Å². The summed E-state index contributed by atoms with van der Waals surface area (Å²) >= 11 is 12.0. The van der Waals surface area contributed by atoms with E-state index in [9.17, 15) is 9.90 Å². The first-order valence-corrected chi connectivity index (χ1v) is 7.48. The minimum absolute atomic E-state index is 0.243. The summed E-state index contributed by atoms with van der Waals surface area (Å²) in [7, 11) is 1.58. The van der Waals surface area contributed by atoms with Gasteiger partial charge >= 0.3 is 0 Å². The summed E-state index contributed by atoms with van der Waals surface area (Å²) in [4.78, 5) is 12.2. The number of carbonyl (C=O) groups excluding carboxylic acids is 1. The molecular formula is C15H19Cl2NO3. The van der Waals surface area contributed by atoms with E-state index in [1.807, 2.05) is 0 Å². The van der Waals surface area contributed by atoms with Crippen LogP contribution in [-0.2, 0) is 4.79 Å². The number of ether oxygens (including phenoxy) is 1. The van der Waals surface area contributed by atoms with Crippen molar-refractivity contribution in [2.75, 3.05) is 7.11 Å². The number of nitrogens with one attached hydrogen (secondary N) is 1. The second-order valence-electron chi connectivity index (χ2n) is 5.69. The van der Waals surface area contributed by atoms with Gasteiger partial charge in [-0.15, -0.1) is 23.2 Å². The monoisotopic (exact) mass is 331 g/mol. The Balaban J connectivity index is 1.99. The van der Waals surface area contributed by atoms with Gasteiger partial charge in [0.15, 0.2) is 0 Å². The summed E-state index contributed by atoms with van der Waals surface area (Å²) in [6.07, 6.45) is -0.400. The van der Waals surface area contributed by atoms with Crippen molar-refractivity contribution < 1.29 is 14.6 Å². The van der Waals surface area contributed by atoms with Crippen molar-refractivity contribution in [3.63, 3.8) is 0 Å². The molecule has 0 aromatic heterocycles. The zero-order valence-electron chi connectivity index (χ0n) is 12.2. The molecule has 1 aliphatic rings. The molecule has 2 N–H and O–H groups in total. The van der Waals surface area contributed by atoms with Gasteiger partial charge in [0.05, 0.1) is 24.7 Å². The summed E-state index contributed by atoms with van der Waals surface area (Å²) in [5.74, 6) is 0.467. The van der Waals surface area contributed by atoms with Crippen LogP contribution in [-0.4, -0.2) is 28.5 Å². The summed E-state index contributed by atoms with van der Waals surface area (Å²) in [5, 5.41) is 13.1. The molecule has 1 saturated carbocycles. The lowest BCUT2D eigenvalue weighted by molar-refractivity contribution is -0.127. The Hall–Kier alpha value is -0.970. The maximum Gasteiger partial charge on any atom is 0.229 e. The second-order valence-corrected chi connectivity index (χ2v) is 7.18. The third-order valence-corrected chi connectivity index (χ3v) is 5.15. The number of amides is 1. The molecule has 21 heavy (non-hydrogen) atoms. The molecule has 1 aromatic carbocycles. The van der Waals surface area contributed by atoms with Gasteiger partial charge in [0.1, 0.15) is 10.1 Å². The van der Waals surface area contributed by atoms with E-state index in [1.54, 1.807) is 45.2 Å². The van der Waals surface area contributed by atoms with Crippen LogP contribution in [0.5, 0.6) is 5.75 Å². The molecule has 3 atom stereocenters. The zero-order chi connectivity index (χ0) is 15.8. The molecule has 1 fully saturated rings. The molecule has 0 heterocycles. The minimum Gasteiger partial charge on any atom is -0.497 e. The number of alkyl halides is 2. The lowest BCUT2D eigenvalue weighted by atomic mass is 10.0. The number of aliphatic hydroxyl groups excluding tert-OH is 1. The van der Waals surface area contributed by atoms with E-state index in [2.05, 4.69) is 5.32 Å². The first-order chi connectivity index (χ1) is 9.71. The number of halogens is 2. The molecule has 2 rings (SSSR count). The summed E-state index contributed by atoms with van der Waals surface area (Å²) in [6, 6.07) is 6.60. The van der Waals surface area contributed by atoms with Gasteiger partial charge in [-0.2, -0.15) is 0 Å². The van der Waals surface area contributed by atoms with Crippen LogP contribution in [0.2, 0.25) is 0 Å². The Morgan fingerprint density at radius 2 is 1.90 bits per heavy atom. The lowest BCUT2D eigenvalue weighted by Crippen LogP contribution is -2.42. The first-order valence-electron chi connectivity index (χ1n) is 6.72. The van der Waals surface area contributed by atoms with Crippen molar-refractivity contribution in [3.8, 4) is 5.75 Å². The number of carbonyl (C=O) groups is 1. The van der Waals surface area contributed by atoms with Crippen LogP contribution in [0.15, 0.2) is 24.3 Å². The van der Waals surface area contributed by atoms with Crippen LogP contribution in [0.4, 0.5) is 0 Å². The van der Waals surface area contributed by atoms with Crippen molar-refractivity contribution in [3.05, 3.63) is 29.8 Å². The number of hydrogen-bond acceptors (Lipinski definition) is 3. The van der Waals surface area contributed by atoms with E-state index in [-0.39, 0.29) is 5.91 Å². The van der Waals surface area contributed by atoms with Crippen LogP contribution in [0.25, 0.3) is 0 Å². The van der Waals surface area contributed by atoms with Gasteiger partial charge in [0.25, 0.3) is 0 Å². The zero-order valence-corrected chi connectivity index (χ0v) is 13.7. The van der Waals surface area contributed by atoms with Gasteiger partial charge in [0, 0.05) is 0 Å². The fourth-order valence-electron chi connectivity index (χ4n) is 2.18. The van der Waals surface area contributed by atoms with Crippen molar-refractivity contribution in [2.24, 2.45) is 5.41 Å². The first kappa shape index (κ1) is 16.4. The Labute approximate surface area is 134 Å². The Kier molecular flexibility index (Phi) is 4.43. The van der Waals surface area contributed by atoms with Crippen LogP contribution in [0, 0.1) is 5.41 Å². The normalized spacial score (nSPS) is 25.8. The lowest BCUT2D eigenvalue weighted by Gasteiger charge is -2.23. The molecule has 1 amide bonds. The molecule has 0 saturated heterocycles. The molecule has 1 aliphatic carbocycles. The molecule has 6 heteroatoms. The van der Waals surface area contributed by atoms with Crippen molar-refractivity contribution in [1.29, 1.82) is 0 Å². The smallest absolute Gasteiger partial charge is 0.229 e. The quantitative estimate of drug-likeness (QED) is 0.815. The van der Waals surface area contributed by atoms with E-state index in [0.717, 1.165) is 0 Å². The average molecular weight is 332 g/mol. The maximum atomic E-state index is 12.2. The predicted octanol–water partition coefficient (Wildman–Crippen LogP) is 2.82. The standard InChI is InChI=1S/C15H19Cl2NO3/c1-9(18-13(20)14(2)8-15(14,16)17)12(19)10-4-6-11(21-3)7-5-10/h4-7,9,12,19H,8H2,1-3H3,(H,18,20). The Bertz CT molecular complexity index is 532. The number of benzene rings is 1. The molecule has 4 nitrogen and oxygen atoms in total. The highest BCUT2D eigenvalue weighted by Crippen LogP contribution is 2.63. The molecule has 0 spiro atoms. The molecular weight excluding hydrogens is 313 g/mol. The van der Waals surface area contributed by atoms with Gasteiger partial charge < -0.3 is 15.2 Å². The van der Waals surface area contributed by atoms with Gasteiger partial charge in [-0.25, -0.2) is 0 Å². The molecule has 0 aliphatic heterocycles. The van der Waals surface area contributed by atoms with E-state index < -0.39 is 21.9 Å². The van der Waals surface area contributed by atoms with E-state index >= 15 is 0 Å². The molecule has 3 unspecified atom stereocenters. The predicted molar refractivity (Wildman–Crippen MR) is 82.7 cm³/mol. The van der Waals surface area contributed by atoms with Crippen molar-refractivity contribution in [1.82, 2.24) is 5.32 Å². The molecule has 0 bridgehead atoms. The van der Waals surface area contributed by atoms with Gasteiger partial charge in [0.2, 0.25) is 5.91 Å². The number of rotatable bonds is 5. The summed E-state index contributed by atoms with van der Waals surface area (Å²) in [5.41, 5.74) is -0.0863. The molecule has 1 aromatic rings. The molecule has 116 valence electrons. The minimum atomic E-state index is -1.01. The molecule has 0 radical (unpaired) electrons. The third-order valence-electron chi connectivity index (χ3n) is 4.05. The number of aliphatic hydroxyl groups is 1. The van der Waals surface area contributed by atoms with Gasteiger partial charge in [-0.1, -0.05) is 12.1 Å². The largest absolute Gasteiger partial charge is 0.497 e. The van der Waals surface area contributed by atoms with Gasteiger partial charge in [-0.05, 0) is 38.0 Å². The topological polar surface area (TPSA) is 58.6 Å². The SMILES string of the molecule is COc1ccc(C(O)C(C)NC(=O)C2(C)CC2(Cl)Cl)cc1. The highest BCUT2D eigenvalue weighted by molar-refractivity contribution is 6.53. The third kappa shape index (κ3) is 3.12. The highest BCUT2D eigenvalue weighted by Gasteiger charge is 2.68. The van der Waals surface area contributed by atoms with Crippen molar-refractivity contribution in [2.45, 2.75) is 36.7 Å². The second kappa shape index (κ2) is 5.67. The fourth-order valence-corrected chi connectivity index (χ4v) is 2.89. The van der Waals surface area contributed by atoms with Crippen LogP contribution in [0.1, 0.15) is 31.9 Å². The van der Waals surface area contributed by atoms with E-state index in [0.29, 0.717) is 17.7 Å². The Morgan fingerprint density at radius 1 is 1.38 bits per heavy atom. The van der Waals surface area contributed by atoms with E-state index in [1.165, 1.54) is 0 Å². The Morgan fingerprint density at radius 3 is 2.33 bits per heavy atom. The van der Waals surface area contributed by atoms with Crippen LogP contribution < -0.4 is 10.1 Å². The number of hydrogen-bond donors (Lipinski definition) is 2. The van der Waals surface area contributed by atoms with E-state index in [4.69, 9.17) is 27.9 Å². The average Bonchev–Trinajstić information content (AvgIpc) is 2.98. The highest BCUT2D eigenvalue weighted by atomic mass is 35.5. The maximum absolute atomic E-state index is 12.2.